The lowest BCUT2D eigenvalue weighted by Crippen LogP contribution is -2.55. The van der Waals surface area contributed by atoms with E-state index in [9.17, 15) is 15.3 Å². The second-order valence-corrected chi connectivity index (χ2v) is 10.2. The lowest BCUT2D eigenvalue weighted by atomic mass is 9.47. The SMILES string of the molecule is C[C@]12CC[C@H]3[C@@H]([C@H](O)C=C4C[C@@H](O)CC[C@@]43C)[C@@H]1C[C@@H](Br)[C@H]2O. The summed E-state index contributed by atoms with van der Waals surface area (Å²) in [5.41, 5.74) is 1.33. The minimum atomic E-state index is -0.428. The van der Waals surface area contributed by atoms with Gasteiger partial charge in [-0.2, -0.15) is 0 Å². The molecule has 0 aromatic carbocycles. The van der Waals surface area contributed by atoms with Gasteiger partial charge in [0.2, 0.25) is 0 Å². The van der Waals surface area contributed by atoms with Crippen molar-refractivity contribution in [3.63, 3.8) is 0 Å². The maximum Gasteiger partial charge on any atom is 0.0757 e. The zero-order valence-corrected chi connectivity index (χ0v) is 15.7. The number of hydrogen-bond donors (Lipinski definition) is 3. The lowest BCUT2D eigenvalue weighted by Gasteiger charge is -2.58. The Labute approximate surface area is 147 Å². The molecule has 0 unspecified atom stereocenters. The number of aliphatic hydroxyl groups excluding tert-OH is 3. The Morgan fingerprint density at radius 2 is 1.83 bits per heavy atom. The zero-order chi connectivity index (χ0) is 16.6. The monoisotopic (exact) mass is 384 g/mol. The van der Waals surface area contributed by atoms with Crippen molar-refractivity contribution >= 4 is 15.9 Å². The highest BCUT2D eigenvalue weighted by atomic mass is 79.9. The normalized spacial score (nSPS) is 58.9. The van der Waals surface area contributed by atoms with Gasteiger partial charge >= 0.3 is 0 Å². The van der Waals surface area contributed by atoms with Crippen molar-refractivity contribution < 1.29 is 15.3 Å². The van der Waals surface area contributed by atoms with Gasteiger partial charge in [0.25, 0.3) is 0 Å². The largest absolute Gasteiger partial charge is 0.393 e. The first kappa shape index (κ1) is 16.6. The number of fused-ring (bicyclic) bond motifs is 5. The Balaban J connectivity index is 1.73. The lowest BCUT2D eigenvalue weighted by molar-refractivity contribution is -0.105. The van der Waals surface area contributed by atoms with Crippen molar-refractivity contribution in [2.75, 3.05) is 0 Å². The maximum absolute atomic E-state index is 10.9. The van der Waals surface area contributed by atoms with Crippen LogP contribution in [-0.4, -0.2) is 38.5 Å². The fourth-order valence-electron chi connectivity index (χ4n) is 6.58. The van der Waals surface area contributed by atoms with E-state index in [1.54, 1.807) is 0 Å². The molecule has 0 saturated heterocycles. The summed E-state index contributed by atoms with van der Waals surface area (Å²) in [6.07, 6.45) is 6.78. The highest BCUT2D eigenvalue weighted by Crippen LogP contribution is 2.65. The molecule has 3 N–H and O–H groups in total. The summed E-state index contributed by atoms with van der Waals surface area (Å²) in [5, 5.41) is 31.6. The van der Waals surface area contributed by atoms with E-state index in [0.29, 0.717) is 11.8 Å². The molecule has 130 valence electrons. The Bertz CT molecular complexity index is 535. The minimum absolute atomic E-state index is 0.0772. The fourth-order valence-corrected chi connectivity index (χ4v) is 7.58. The molecule has 3 nitrogen and oxygen atoms in total. The molecule has 23 heavy (non-hydrogen) atoms. The van der Waals surface area contributed by atoms with Crippen LogP contribution in [0.3, 0.4) is 0 Å². The van der Waals surface area contributed by atoms with Crippen LogP contribution >= 0.6 is 15.9 Å². The molecule has 4 aliphatic rings. The van der Waals surface area contributed by atoms with Gasteiger partial charge in [-0.25, -0.2) is 0 Å². The molecule has 9 atom stereocenters. The van der Waals surface area contributed by atoms with E-state index in [1.165, 1.54) is 5.57 Å². The molecule has 0 aromatic rings. The highest BCUT2D eigenvalue weighted by molar-refractivity contribution is 9.09. The average Bonchev–Trinajstić information content (AvgIpc) is 2.73. The number of alkyl halides is 1. The van der Waals surface area contributed by atoms with Crippen LogP contribution in [-0.2, 0) is 0 Å². The van der Waals surface area contributed by atoms with E-state index in [4.69, 9.17) is 0 Å². The van der Waals surface area contributed by atoms with Gasteiger partial charge in [-0.05, 0) is 67.1 Å². The molecule has 0 amide bonds. The predicted octanol–water partition coefficient (Wildman–Crippen LogP) is 3.02. The summed E-state index contributed by atoms with van der Waals surface area (Å²) in [6.45, 7) is 4.58. The maximum atomic E-state index is 10.9. The van der Waals surface area contributed by atoms with Gasteiger partial charge in [-0.3, -0.25) is 0 Å². The van der Waals surface area contributed by atoms with Gasteiger partial charge in [0.05, 0.1) is 18.3 Å². The van der Waals surface area contributed by atoms with E-state index in [1.807, 2.05) is 0 Å². The van der Waals surface area contributed by atoms with Gasteiger partial charge in [0.15, 0.2) is 0 Å². The van der Waals surface area contributed by atoms with Crippen LogP contribution in [0.15, 0.2) is 11.6 Å². The van der Waals surface area contributed by atoms with Crippen LogP contribution in [0, 0.1) is 28.6 Å². The molecule has 0 aromatic heterocycles. The molecule has 0 heterocycles. The third-order valence-corrected chi connectivity index (χ3v) is 8.91. The molecule has 4 heteroatoms. The van der Waals surface area contributed by atoms with Crippen molar-refractivity contribution in [1.29, 1.82) is 0 Å². The van der Waals surface area contributed by atoms with Gasteiger partial charge < -0.3 is 15.3 Å². The molecule has 0 spiro atoms. The Morgan fingerprint density at radius 1 is 1.09 bits per heavy atom. The zero-order valence-electron chi connectivity index (χ0n) is 14.1. The summed E-state index contributed by atoms with van der Waals surface area (Å²) >= 11 is 3.68. The van der Waals surface area contributed by atoms with E-state index in [0.717, 1.165) is 38.5 Å². The molecule has 0 bridgehead atoms. The van der Waals surface area contributed by atoms with Crippen molar-refractivity contribution in [1.82, 2.24) is 0 Å². The first-order chi connectivity index (χ1) is 10.8. The van der Waals surface area contributed by atoms with Crippen LogP contribution in [0.2, 0.25) is 0 Å². The number of rotatable bonds is 0. The number of aliphatic hydroxyl groups is 3. The average molecular weight is 385 g/mol. The third-order valence-electron chi connectivity index (χ3n) is 8.04. The van der Waals surface area contributed by atoms with E-state index in [2.05, 4.69) is 35.9 Å². The van der Waals surface area contributed by atoms with E-state index in [-0.39, 0.29) is 33.8 Å². The first-order valence-corrected chi connectivity index (χ1v) is 10.1. The third kappa shape index (κ3) is 2.17. The van der Waals surface area contributed by atoms with Crippen molar-refractivity contribution in [2.24, 2.45) is 28.6 Å². The Kier molecular flexibility index (Phi) is 3.81. The number of hydrogen-bond acceptors (Lipinski definition) is 3. The summed E-state index contributed by atoms with van der Waals surface area (Å²) in [7, 11) is 0. The first-order valence-electron chi connectivity index (χ1n) is 9.17. The van der Waals surface area contributed by atoms with Crippen LogP contribution in [0.5, 0.6) is 0 Å². The quantitative estimate of drug-likeness (QED) is 0.444. The second kappa shape index (κ2) is 5.30. The molecule has 4 rings (SSSR count). The van der Waals surface area contributed by atoms with Gasteiger partial charge in [0.1, 0.15) is 0 Å². The molecule has 0 radical (unpaired) electrons. The molecule has 0 aliphatic heterocycles. The van der Waals surface area contributed by atoms with Crippen LogP contribution < -0.4 is 0 Å². The molecule has 3 saturated carbocycles. The van der Waals surface area contributed by atoms with E-state index >= 15 is 0 Å². The highest BCUT2D eigenvalue weighted by Gasteiger charge is 2.62. The fraction of sp³-hybridized carbons (Fsp3) is 0.895. The second-order valence-electron chi connectivity index (χ2n) is 9.03. The van der Waals surface area contributed by atoms with Gasteiger partial charge in [-0.1, -0.05) is 41.4 Å². The molecule has 3 fully saturated rings. The Morgan fingerprint density at radius 3 is 2.57 bits per heavy atom. The van der Waals surface area contributed by atoms with Crippen LogP contribution in [0.25, 0.3) is 0 Å². The summed E-state index contributed by atoms with van der Waals surface area (Å²) in [4.78, 5) is 0.148. The van der Waals surface area contributed by atoms with Crippen molar-refractivity contribution in [2.45, 2.75) is 75.5 Å². The van der Waals surface area contributed by atoms with E-state index < -0.39 is 6.10 Å². The predicted molar refractivity (Wildman–Crippen MR) is 93.2 cm³/mol. The topological polar surface area (TPSA) is 60.7 Å². The Hall–Kier alpha value is 0.1000. The molecule has 4 aliphatic carbocycles. The van der Waals surface area contributed by atoms with Crippen molar-refractivity contribution in [3.8, 4) is 0 Å². The summed E-state index contributed by atoms with van der Waals surface area (Å²) < 4.78 is 0. The van der Waals surface area contributed by atoms with Gasteiger partial charge in [-0.15, -0.1) is 0 Å². The number of halogens is 1. The van der Waals surface area contributed by atoms with Gasteiger partial charge in [0, 0.05) is 4.83 Å². The molecular formula is C19H29BrO3. The summed E-state index contributed by atoms with van der Waals surface area (Å²) in [6, 6.07) is 0. The smallest absolute Gasteiger partial charge is 0.0757 e. The molecular weight excluding hydrogens is 356 g/mol. The standard InChI is InChI=1S/C19H29BrO3/c1-18-5-3-11(21)7-10(18)8-15(22)16-12(18)4-6-19(2)13(16)9-14(20)17(19)23/h8,11-17,21-23H,3-7,9H2,1-2H3/t11-,12-,13-,14+,15+,16+,17+,18-,19-/m0/s1. The van der Waals surface area contributed by atoms with Crippen LogP contribution in [0.4, 0.5) is 0 Å². The van der Waals surface area contributed by atoms with Crippen LogP contribution in [0.1, 0.15) is 52.4 Å². The van der Waals surface area contributed by atoms with Crippen molar-refractivity contribution in [3.05, 3.63) is 11.6 Å². The summed E-state index contributed by atoms with van der Waals surface area (Å²) in [5.74, 6) is 1.10. The minimum Gasteiger partial charge on any atom is -0.393 e.